The average Bonchev–Trinajstić information content (AvgIpc) is 2.96. The summed E-state index contributed by atoms with van der Waals surface area (Å²) in [6.07, 6.45) is 6.33. The van der Waals surface area contributed by atoms with Gasteiger partial charge in [-0.15, -0.1) is 12.4 Å². The Labute approximate surface area is 144 Å². The molecule has 0 aliphatic heterocycles. The van der Waals surface area contributed by atoms with E-state index in [1.165, 1.54) is 25.7 Å². The van der Waals surface area contributed by atoms with Crippen molar-refractivity contribution in [2.24, 2.45) is 16.6 Å². The number of halogens is 1. The number of rotatable bonds is 4. The van der Waals surface area contributed by atoms with Crippen LogP contribution in [0.2, 0.25) is 0 Å². The van der Waals surface area contributed by atoms with E-state index in [1.807, 2.05) is 32.0 Å². The van der Waals surface area contributed by atoms with Gasteiger partial charge in [0.25, 0.3) is 0 Å². The lowest BCUT2D eigenvalue weighted by atomic mass is 10.0. The molecule has 128 valence electrons. The molecule has 1 aliphatic rings. The molecule has 0 heterocycles. The van der Waals surface area contributed by atoms with Gasteiger partial charge in [0.2, 0.25) is 0 Å². The number of nitrogens with zero attached hydrogens (tertiary/aromatic N) is 1. The zero-order chi connectivity index (χ0) is 15.9. The van der Waals surface area contributed by atoms with Crippen LogP contribution in [0, 0.1) is 19.8 Å². The largest absolute Gasteiger partial charge is 0.370 e. The van der Waals surface area contributed by atoms with Gasteiger partial charge in [-0.05, 0) is 37.3 Å². The minimum Gasteiger partial charge on any atom is -0.370 e. The van der Waals surface area contributed by atoms with Crippen molar-refractivity contribution in [1.82, 2.24) is 5.32 Å². The number of carbonyl (C=O) groups excluding carboxylic acids is 1. The molecule has 1 aromatic rings. The van der Waals surface area contributed by atoms with Gasteiger partial charge < -0.3 is 11.1 Å². The maximum absolute atomic E-state index is 12.0. The highest BCUT2D eigenvalue weighted by Crippen LogP contribution is 2.27. The van der Waals surface area contributed by atoms with E-state index >= 15 is 0 Å². The predicted octanol–water partition coefficient (Wildman–Crippen LogP) is 3.74. The molecule has 1 fully saturated rings. The van der Waals surface area contributed by atoms with Crippen molar-refractivity contribution in [1.29, 1.82) is 0 Å². The summed E-state index contributed by atoms with van der Waals surface area (Å²) in [6.45, 7) is 4.60. The van der Waals surface area contributed by atoms with Gasteiger partial charge in [0.05, 0.1) is 0 Å². The molecule has 0 bridgehead atoms. The first kappa shape index (κ1) is 19.3. The number of guanidine groups is 1. The van der Waals surface area contributed by atoms with Gasteiger partial charge in [0, 0.05) is 12.2 Å². The highest BCUT2D eigenvalue weighted by molar-refractivity contribution is 6.02. The number of nitrogens with one attached hydrogen (secondary N) is 2. The van der Waals surface area contributed by atoms with Gasteiger partial charge in [-0.2, -0.15) is 0 Å². The van der Waals surface area contributed by atoms with E-state index in [9.17, 15) is 4.79 Å². The van der Waals surface area contributed by atoms with Crippen molar-refractivity contribution in [2.75, 3.05) is 11.9 Å². The lowest BCUT2D eigenvalue weighted by molar-refractivity contribution is 0.256. The van der Waals surface area contributed by atoms with Crippen LogP contribution in [-0.4, -0.2) is 18.5 Å². The normalized spacial score (nSPS) is 15.1. The maximum Gasteiger partial charge on any atom is 0.326 e. The number of urea groups is 1. The molecule has 4 N–H and O–H groups in total. The molecule has 2 rings (SSSR count). The number of amides is 2. The zero-order valence-electron chi connectivity index (χ0n) is 13.9. The van der Waals surface area contributed by atoms with Crippen molar-refractivity contribution in [3.05, 3.63) is 29.3 Å². The van der Waals surface area contributed by atoms with E-state index in [2.05, 4.69) is 15.6 Å². The van der Waals surface area contributed by atoms with Gasteiger partial charge in [-0.25, -0.2) is 4.79 Å². The fourth-order valence-electron chi connectivity index (χ4n) is 2.98. The van der Waals surface area contributed by atoms with Crippen LogP contribution in [0.4, 0.5) is 10.5 Å². The molecule has 0 spiro atoms. The number of aliphatic imine (C=N–C) groups is 1. The first-order valence-electron chi connectivity index (χ1n) is 8.00. The van der Waals surface area contributed by atoms with Crippen molar-refractivity contribution in [3.63, 3.8) is 0 Å². The Morgan fingerprint density at radius 2 is 1.87 bits per heavy atom. The molecule has 0 unspecified atom stereocenters. The number of hydrogen-bond donors (Lipinski definition) is 3. The number of nitrogens with two attached hydrogens (primary N) is 1. The summed E-state index contributed by atoms with van der Waals surface area (Å²) in [5.74, 6) is 0.960. The molecule has 1 aliphatic carbocycles. The van der Waals surface area contributed by atoms with E-state index in [1.54, 1.807) is 0 Å². The third-order valence-electron chi connectivity index (χ3n) is 4.26. The molecule has 5 nitrogen and oxygen atoms in total. The SMILES string of the molecule is Cc1cccc(C)c1NC(=O)NC(N)=NCCC1CCCC1.Cl. The summed E-state index contributed by atoms with van der Waals surface area (Å²) in [5, 5.41) is 5.42. The fourth-order valence-corrected chi connectivity index (χ4v) is 2.98. The molecule has 6 heteroatoms. The van der Waals surface area contributed by atoms with Crippen LogP contribution in [0.15, 0.2) is 23.2 Å². The van der Waals surface area contributed by atoms with E-state index in [0.717, 1.165) is 29.2 Å². The predicted molar refractivity (Wildman–Crippen MR) is 98.4 cm³/mol. The monoisotopic (exact) mass is 338 g/mol. The minimum absolute atomic E-state index is 0. The summed E-state index contributed by atoms with van der Waals surface area (Å²) in [5.41, 5.74) is 8.63. The number of benzene rings is 1. The van der Waals surface area contributed by atoms with Gasteiger partial charge in [-0.3, -0.25) is 10.3 Å². The Bertz CT molecular complexity index is 533. The van der Waals surface area contributed by atoms with Crippen LogP contribution < -0.4 is 16.4 Å². The molecule has 0 saturated heterocycles. The summed E-state index contributed by atoms with van der Waals surface area (Å²) >= 11 is 0. The Hall–Kier alpha value is -1.75. The second kappa shape index (κ2) is 9.40. The summed E-state index contributed by atoms with van der Waals surface area (Å²) in [4.78, 5) is 16.2. The zero-order valence-corrected chi connectivity index (χ0v) is 14.7. The fraction of sp³-hybridized carbons (Fsp3) is 0.529. The van der Waals surface area contributed by atoms with E-state index in [0.29, 0.717) is 6.54 Å². The van der Waals surface area contributed by atoms with Crippen molar-refractivity contribution in [3.8, 4) is 0 Å². The van der Waals surface area contributed by atoms with Gasteiger partial charge in [0.1, 0.15) is 0 Å². The Balaban J connectivity index is 0.00000264. The van der Waals surface area contributed by atoms with Crippen LogP contribution >= 0.6 is 12.4 Å². The number of carbonyl (C=O) groups is 1. The molecule has 23 heavy (non-hydrogen) atoms. The van der Waals surface area contributed by atoms with Gasteiger partial charge >= 0.3 is 6.03 Å². The molecule has 0 atom stereocenters. The molecule has 1 aromatic carbocycles. The van der Waals surface area contributed by atoms with Gasteiger partial charge in [-0.1, -0.05) is 43.9 Å². The molecule has 1 saturated carbocycles. The number of para-hydroxylation sites is 1. The minimum atomic E-state index is -0.348. The maximum atomic E-state index is 12.0. The number of aryl methyl sites for hydroxylation is 2. The highest BCUT2D eigenvalue weighted by atomic mass is 35.5. The summed E-state index contributed by atoms with van der Waals surface area (Å²) in [6, 6.07) is 5.54. The van der Waals surface area contributed by atoms with Crippen LogP contribution in [0.1, 0.15) is 43.2 Å². The van der Waals surface area contributed by atoms with Gasteiger partial charge in [0.15, 0.2) is 5.96 Å². The molecular weight excluding hydrogens is 312 g/mol. The van der Waals surface area contributed by atoms with Crippen LogP contribution in [-0.2, 0) is 0 Å². The molecule has 0 aromatic heterocycles. The average molecular weight is 339 g/mol. The standard InChI is InChI=1S/C17H26N4O.ClH/c1-12-6-5-7-13(2)15(12)20-17(22)21-16(18)19-11-10-14-8-3-4-9-14;/h5-7,14H,3-4,8-11H2,1-2H3,(H4,18,19,20,21,22);1H. The number of anilines is 1. The van der Waals surface area contributed by atoms with Crippen molar-refractivity contribution >= 4 is 30.1 Å². The molecular formula is C17H27ClN4O. The summed E-state index contributed by atoms with van der Waals surface area (Å²) in [7, 11) is 0. The Morgan fingerprint density at radius 3 is 2.48 bits per heavy atom. The van der Waals surface area contributed by atoms with Crippen molar-refractivity contribution < 1.29 is 4.79 Å². The second-order valence-corrected chi connectivity index (χ2v) is 6.05. The smallest absolute Gasteiger partial charge is 0.326 e. The van der Waals surface area contributed by atoms with Crippen LogP contribution in [0.25, 0.3) is 0 Å². The lowest BCUT2D eigenvalue weighted by Crippen LogP contribution is -2.40. The van der Waals surface area contributed by atoms with E-state index in [-0.39, 0.29) is 24.4 Å². The highest BCUT2D eigenvalue weighted by Gasteiger charge is 2.14. The first-order chi connectivity index (χ1) is 10.6. The third kappa shape index (κ3) is 6.10. The van der Waals surface area contributed by atoms with Crippen molar-refractivity contribution in [2.45, 2.75) is 46.0 Å². The quantitative estimate of drug-likeness (QED) is 0.577. The lowest BCUT2D eigenvalue weighted by Gasteiger charge is -2.12. The second-order valence-electron chi connectivity index (χ2n) is 6.05. The van der Waals surface area contributed by atoms with E-state index < -0.39 is 0 Å². The van der Waals surface area contributed by atoms with Crippen LogP contribution in [0.3, 0.4) is 0 Å². The summed E-state index contributed by atoms with van der Waals surface area (Å²) < 4.78 is 0. The topological polar surface area (TPSA) is 79.5 Å². The van der Waals surface area contributed by atoms with E-state index in [4.69, 9.17) is 5.73 Å². The third-order valence-corrected chi connectivity index (χ3v) is 4.26. The molecule has 2 amide bonds. The Kier molecular flexibility index (Phi) is 7.89. The number of hydrogen-bond acceptors (Lipinski definition) is 2. The first-order valence-corrected chi connectivity index (χ1v) is 8.00. The Morgan fingerprint density at radius 1 is 1.26 bits per heavy atom. The van der Waals surface area contributed by atoms with Crippen LogP contribution in [0.5, 0.6) is 0 Å². The molecule has 0 radical (unpaired) electrons.